The van der Waals surface area contributed by atoms with Crippen molar-refractivity contribution >= 4 is 26.7 Å². The summed E-state index contributed by atoms with van der Waals surface area (Å²) < 4.78 is 0. The summed E-state index contributed by atoms with van der Waals surface area (Å²) in [5.41, 5.74) is 4.73. The molecule has 3 aromatic carbocycles. The fourth-order valence-corrected chi connectivity index (χ4v) is 3.17. The van der Waals surface area contributed by atoms with E-state index in [2.05, 4.69) is 88.9 Å². The molecule has 0 fully saturated rings. The van der Waals surface area contributed by atoms with Crippen molar-refractivity contribution in [2.45, 2.75) is 39.5 Å². The molecule has 0 amide bonds. The van der Waals surface area contributed by atoms with E-state index in [-0.39, 0.29) is 0 Å². The summed E-state index contributed by atoms with van der Waals surface area (Å²) in [4.78, 5) is 2.76. The minimum Gasteiger partial charge on any atom is -0.115 e. The topological polar surface area (TPSA) is 0 Å². The Hall–Kier alpha value is -2.48. The van der Waals surface area contributed by atoms with Crippen LogP contribution in [0.4, 0.5) is 0 Å². The van der Waals surface area contributed by atoms with Crippen molar-refractivity contribution in [2.75, 3.05) is 0 Å². The number of aryl methyl sites for hydroxylation is 2. The lowest BCUT2D eigenvalue weighted by atomic mass is 10.0. The van der Waals surface area contributed by atoms with Crippen molar-refractivity contribution in [2.24, 2.45) is 0 Å². The van der Waals surface area contributed by atoms with E-state index in [1.54, 1.807) is 0 Å². The minimum atomic E-state index is 0.972. The number of fused-ring (bicyclic) bond motifs is 1. The van der Waals surface area contributed by atoms with Crippen molar-refractivity contribution < 1.29 is 0 Å². The fourth-order valence-electron chi connectivity index (χ4n) is 2.96. The molecule has 0 aliphatic rings. The lowest BCUT2D eigenvalue weighted by Gasteiger charge is -2.03. The van der Waals surface area contributed by atoms with E-state index in [1.165, 1.54) is 47.6 Å². The molecule has 136 valence electrons. The number of halogens is 1. The van der Waals surface area contributed by atoms with Crippen molar-refractivity contribution in [1.29, 1.82) is 0 Å². The second-order valence-corrected chi connectivity index (χ2v) is 6.89. The summed E-state index contributed by atoms with van der Waals surface area (Å²) in [5.74, 6) is 5.67. The maximum atomic E-state index is 5.27. The molecule has 3 rings (SSSR count). The first-order valence-electron chi connectivity index (χ1n) is 9.35. The van der Waals surface area contributed by atoms with Crippen LogP contribution in [0, 0.1) is 30.0 Å². The van der Waals surface area contributed by atoms with E-state index in [9.17, 15) is 0 Å². The van der Waals surface area contributed by atoms with Crippen LogP contribution in [0.15, 0.2) is 60.7 Å². The van der Waals surface area contributed by atoms with E-state index in [0.717, 1.165) is 11.1 Å². The molecule has 0 unspecified atom stereocenters. The van der Waals surface area contributed by atoms with Crippen molar-refractivity contribution in [1.82, 2.24) is 0 Å². The predicted molar refractivity (Wildman–Crippen MR) is 122 cm³/mol. The van der Waals surface area contributed by atoms with Gasteiger partial charge in [0.05, 0.1) is 0 Å². The van der Waals surface area contributed by atoms with Crippen LogP contribution in [-0.4, -0.2) is 0 Å². The molecule has 1 heteroatoms. The highest BCUT2D eigenvalue weighted by Gasteiger charge is 1.99. The predicted octanol–water partition coefficient (Wildman–Crippen LogP) is 7.25. The van der Waals surface area contributed by atoms with Gasteiger partial charge in [-0.05, 0) is 64.7 Å². The zero-order valence-electron chi connectivity index (χ0n) is 16.1. The Morgan fingerprint density at radius 3 is 2.22 bits per heavy atom. The van der Waals surface area contributed by atoms with Gasteiger partial charge in [-0.15, -0.1) is 6.42 Å². The molecule has 0 heterocycles. The zero-order chi connectivity index (χ0) is 19.5. The fraction of sp³-hybridized carbons (Fsp3) is 0.231. The summed E-state index contributed by atoms with van der Waals surface area (Å²) in [5, 5.41) is 2.50. The molecular weight excluding hydrogens is 392 g/mol. The molecule has 0 aliphatic carbocycles. The first-order valence-corrected chi connectivity index (χ1v) is 10.1. The number of hydrogen-bond acceptors (Lipinski definition) is 0. The first-order chi connectivity index (χ1) is 13.2. The highest BCUT2D eigenvalue weighted by molar-refractivity contribution is 9.12. The smallest absolute Gasteiger partial charge is 0.0332 e. The summed E-state index contributed by atoms with van der Waals surface area (Å²) in [6.07, 6.45) is 10.3. The summed E-state index contributed by atoms with van der Waals surface area (Å²) in [6.45, 7) is 4.34. The average Bonchev–Trinajstić information content (AvgIpc) is 2.72. The Morgan fingerprint density at radius 2 is 1.59 bits per heavy atom. The number of unbranched alkanes of at least 4 members (excludes halogenated alkanes) is 2. The quantitative estimate of drug-likeness (QED) is 0.310. The molecule has 0 saturated heterocycles. The molecule has 3 aromatic rings. The van der Waals surface area contributed by atoms with Crippen LogP contribution in [0.3, 0.4) is 0 Å². The van der Waals surface area contributed by atoms with E-state index in [0.29, 0.717) is 0 Å². The Labute approximate surface area is 172 Å². The van der Waals surface area contributed by atoms with E-state index in [4.69, 9.17) is 6.42 Å². The van der Waals surface area contributed by atoms with Crippen LogP contribution in [-0.2, 0) is 6.42 Å². The van der Waals surface area contributed by atoms with Crippen LogP contribution in [0.5, 0.6) is 0 Å². The molecule has 0 radical (unpaired) electrons. The van der Waals surface area contributed by atoms with E-state index < -0.39 is 0 Å². The molecule has 0 aromatic heterocycles. The number of rotatable bonds is 4. The normalized spacial score (nSPS) is 9.56. The standard InChI is InChI=1S/C13H9Br.C13H16/c1-10-6-7-11(8-9-14)13-5-3-2-4-12(10)13;1-3-5-6-7-13-10-8-12(4-2)9-11-13/h2-7H,1H3;2,8-11H,3,5-7H2,1H3. The average molecular weight is 417 g/mol. The molecule has 0 saturated carbocycles. The molecule has 0 spiro atoms. The maximum absolute atomic E-state index is 5.27. The summed E-state index contributed by atoms with van der Waals surface area (Å²) in [7, 11) is 0. The number of benzene rings is 3. The van der Waals surface area contributed by atoms with Gasteiger partial charge in [-0.25, -0.2) is 0 Å². The molecule has 0 N–H and O–H groups in total. The van der Waals surface area contributed by atoms with Crippen LogP contribution < -0.4 is 0 Å². The second kappa shape index (κ2) is 11.3. The Balaban J connectivity index is 0.000000194. The first kappa shape index (κ1) is 20.8. The van der Waals surface area contributed by atoms with Gasteiger partial charge in [0.1, 0.15) is 0 Å². The third-order valence-electron chi connectivity index (χ3n) is 4.51. The third kappa shape index (κ3) is 6.32. The van der Waals surface area contributed by atoms with Gasteiger partial charge in [-0.3, -0.25) is 0 Å². The highest BCUT2D eigenvalue weighted by atomic mass is 79.9. The lowest BCUT2D eigenvalue weighted by molar-refractivity contribution is 0.717. The van der Waals surface area contributed by atoms with Crippen molar-refractivity contribution in [3.63, 3.8) is 0 Å². The van der Waals surface area contributed by atoms with Crippen LogP contribution in [0.2, 0.25) is 0 Å². The van der Waals surface area contributed by atoms with Gasteiger partial charge in [0.25, 0.3) is 0 Å². The van der Waals surface area contributed by atoms with Crippen molar-refractivity contribution in [3.05, 3.63) is 82.9 Å². The van der Waals surface area contributed by atoms with Gasteiger partial charge < -0.3 is 0 Å². The third-order valence-corrected chi connectivity index (χ3v) is 4.71. The number of hydrogen-bond donors (Lipinski definition) is 0. The van der Waals surface area contributed by atoms with Gasteiger partial charge >= 0.3 is 0 Å². The minimum absolute atomic E-state index is 0.972. The molecule has 0 bridgehead atoms. The van der Waals surface area contributed by atoms with Crippen LogP contribution >= 0.6 is 15.9 Å². The van der Waals surface area contributed by atoms with Gasteiger partial charge in [-0.2, -0.15) is 0 Å². The molecule has 27 heavy (non-hydrogen) atoms. The van der Waals surface area contributed by atoms with Crippen LogP contribution in [0.1, 0.15) is 48.4 Å². The Bertz CT molecular complexity index is 963. The van der Waals surface area contributed by atoms with Gasteiger partial charge in [0.15, 0.2) is 0 Å². The largest absolute Gasteiger partial charge is 0.115 e. The SMILES string of the molecule is C#Cc1ccc(CCCCC)cc1.Cc1ccc(C#CBr)c2ccccc12. The zero-order valence-corrected chi connectivity index (χ0v) is 17.6. The lowest BCUT2D eigenvalue weighted by Crippen LogP contribution is -1.85. The molecular formula is C26H25Br. The highest BCUT2D eigenvalue weighted by Crippen LogP contribution is 2.21. The van der Waals surface area contributed by atoms with Gasteiger partial charge in [0.2, 0.25) is 0 Å². The van der Waals surface area contributed by atoms with E-state index in [1.807, 2.05) is 18.2 Å². The van der Waals surface area contributed by atoms with Gasteiger partial charge in [-0.1, -0.05) is 74.1 Å². The van der Waals surface area contributed by atoms with Crippen LogP contribution in [0.25, 0.3) is 10.8 Å². The Morgan fingerprint density at radius 1 is 0.889 bits per heavy atom. The summed E-state index contributed by atoms with van der Waals surface area (Å²) >= 11 is 3.13. The second-order valence-electron chi connectivity index (χ2n) is 6.49. The molecule has 0 nitrogen and oxygen atoms in total. The van der Waals surface area contributed by atoms with E-state index >= 15 is 0 Å². The maximum Gasteiger partial charge on any atom is 0.0332 e. The summed E-state index contributed by atoms with van der Waals surface area (Å²) in [6, 6.07) is 20.8. The van der Waals surface area contributed by atoms with Crippen molar-refractivity contribution in [3.8, 4) is 23.1 Å². The monoisotopic (exact) mass is 416 g/mol. The number of terminal acetylenes is 1. The Kier molecular flexibility index (Phi) is 8.70. The van der Waals surface area contributed by atoms with Gasteiger partial charge in [0, 0.05) is 27.1 Å². The molecule has 0 atom stereocenters. The molecule has 0 aliphatic heterocycles.